The minimum absolute atomic E-state index is 0.0658. The highest BCUT2D eigenvalue weighted by Gasteiger charge is 2.26. The number of aromatic nitrogens is 1. The summed E-state index contributed by atoms with van der Waals surface area (Å²) in [6.45, 7) is 6.11. The second-order valence-electron chi connectivity index (χ2n) is 4.70. The van der Waals surface area contributed by atoms with Crippen LogP contribution in [0.4, 0.5) is 5.82 Å². The number of amides is 1. The van der Waals surface area contributed by atoms with Gasteiger partial charge in [0, 0.05) is 19.3 Å². The molecule has 1 aromatic heterocycles. The van der Waals surface area contributed by atoms with Crippen molar-refractivity contribution in [3.63, 3.8) is 0 Å². The van der Waals surface area contributed by atoms with Gasteiger partial charge >= 0.3 is 0 Å². The number of hydrogen-bond donors (Lipinski definition) is 1. The lowest BCUT2D eigenvalue weighted by Gasteiger charge is -2.34. The summed E-state index contributed by atoms with van der Waals surface area (Å²) < 4.78 is 5.47. The summed E-state index contributed by atoms with van der Waals surface area (Å²) in [6.07, 6.45) is 1.68. The molecular weight excluding hydrogens is 266 g/mol. The second-order valence-corrected chi connectivity index (χ2v) is 5.14. The lowest BCUT2D eigenvalue weighted by atomic mass is 10.2. The number of nitrogens with zero attached hydrogens (tertiary/aromatic N) is 2. The Morgan fingerprint density at radius 2 is 2.42 bits per heavy atom. The standard InChI is InChI=1S/C13H18ClN3O2/c1-9-8-17(5-6-19-9)10(2)13(18)16-12-4-3-11(14)7-15-12/h3-4,7,9-10H,5-6,8H2,1-2H3,(H,15,16,18). The topological polar surface area (TPSA) is 54.5 Å². The van der Waals surface area contributed by atoms with Crippen LogP contribution in [-0.4, -0.2) is 47.6 Å². The van der Waals surface area contributed by atoms with E-state index in [0.717, 1.165) is 13.1 Å². The van der Waals surface area contributed by atoms with Crippen LogP contribution in [0.2, 0.25) is 5.02 Å². The van der Waals surface area contributed by atoms with E-state index in [9.17, 15) is 4.79 Å². The van der Waals surface area contributed by atoms with E-state index in [0.29, 0.717) is 17.4 Å². The average molecular weight is 284 g/mol. The number of morpholine rings is 1. The fraction of sp³-hybridized carbons (Fsp3) is 0.538. The first-order valence-corrected chi connectivity index (χ1v) is 6.72. The highest BCUT2D eigenvalue weighted by molar-refractivity contribution is 6.30. The minimum Gasteiger partial charge on any atom is -0.376 e. The van der Waals surface area contributed by atoms with Crippen LogP contribution < -0.4 is 5.32 Å². The molecule has 2 heterocycles. The van der Waals surface area contributed by atoms with Crippen molar-refractivity contribution in [1.82, 2.24) is 9.88 Å². The average Bonchev–Trinajstić information content (AvgIpc) is 2.40. The van der Waals surface area contributed by atoms with Crippen molar-refractivity contribution in [3.8, 4) is 0 Å². The summed E-state index contributed by atoms with van der Waals surface area (Å²) >= 11 is 5.75. The molecule has 0 saturated carbocycles. The molecule has 0 radical (unpaired) electrons. The largest absolute Gasteiger partial charge is 0.376 e. The Bertz CT molecular complexity index is 438. The van der Waals surface area contributed by atoms with Crippen LogP contribution in [0.1, 0.15) is 13.8 Å². The monoisotopic (exact) mass is 283 g/mol. The van der Waals surface area contributed by atoms with Crippen molar-refractivity contribution in [1.29, 1.82) is 0 Å². The van der Waals surface area contributed by atoms with Gasteiger partial charge in [0.1, 0.15) is 5.82 Å². The maximum atomic E-state index is 12.1. The van der Waals surface area contributed by atoms with Crippen molar-refractivity contribution in [3.05, 3.63) is 23.4 Å². The van der Waals surface area contributed by atoms with E-state index in [2.05, 4.69) is 15.2 Å². The Hall–Kier alpha value is -1.17. The van der Waals surface area contributed by atoms with E-state index in [1.807, 2.05) is 13.8 Å². The van der Waals surface area contributed by atoms with Crippen LogP contribution in [0, 0.1) is 0 Å². The predicted octanol–water partition coefficient (Wildman–Crippen LogP) is 1.78. The zero-order chi connectivity index (χ0) is 13.8. The number of ether oxygens (including phenoxy) is 1. The van der Waals surface area contributed by atoms with Crippen molar-refractivity contribution in [2.45, 2.75) is 26.0 Å². The number of nitrogens with one attached hydrogen (secondary N) is 1. The van der Waals surface area contributed by atoms with Crippen molar-refractivity contribution >= 4 is 23.3 Å². The third kappa shape index (κ3) is 3.89. The van der Waals surface area contributed by atoms with Gasteiger partial charge in [-0.15, -0.1) is 0 Å². The highest BCUT2D eigenvalue weighted by atomic mass is 35.5. The van der Waals surface area contributed by atoms with E-state index in [-0.39, 0.29) is 18.1 Å². The first-order chi connectivity index (χ1) is 9.06. The molecule has 5 nitrogen and oxygen atoms in total. The summed E-state index contributed by atoms with van der Waals surface area (Å²) in [4.78, 5) is 18.3. The summed E-state index contributed by atoms with van der Waals surface area (Å²) in [5.41, 5.74) is 0. The Morgan fingerprint density at radius 3 is 3.05 bits per heavy atom. The SMILES string of the molecule is CC1CN(C(C)C(=O)Nc2ccc(Cl)cn2)CCO1. The minimum atomic E-state index is -0.205. The van der Waals surface area contributed by atoms with Gasteiger partial charge in [-0.25, -0.2) is 4.98 Å². The number of anilines is 1. The molecule has 6 heteroatoms. The van der Waals surface area contributed by atoms with Gasteiger partial charge in [-0.05, 0) is 26.0 Å². The molecule has 1 aliphatic rings. The molecule has 0 aliphatic carbocycles. The van der Waals surface area contributed by atoms with Gasteiger partial charge in [0.2, 0.25) is 5.91 Å². The molecule has 2 atom stereocenters. The maximum absolute atomic E-state index is 12.1. The maximum Gasteiger partial charge on any atom is 0.242 e. The van der Waals surface area contributed by atoms with Crippen molar-refractivity contribution in [2.24, 2.45) is 0 Å². The third-order valence-corrected chi connectivity index (χ3v) is 3.40. The fourth-order valence-electron chi connectivity index (χ4n) is 2.04. The number of hydrogen-bond acceptors (Lipinski definition) is 4. The molecule has 19 heavy (non-hydrogen) atoms. The Kier molecular flexibility index (Phi) is 4.74. The van der Waals surface area contributed by atoms with Gasteiger partial charge in [-0.1, -0.05) is 11.6 Å². The third-order valence-electron chi connectivity index (χ3n) is 3.18. The summed E-state index contributed by atoms with van der Waals surface area (Å²) in [6, 6.07) is 3.18. The van der Waals surface area contributed by atoms with Gasteiger partial charge in [0.05, 0.1) is 23.8 Å². The molecule has 104 valence electrons. The quantitative estimate of drug-likeness (QED) is 0.919. The molecule has 0 aromatic carbocycles. The van der Waals surface area contributed by atoms with Crippen LogP contribution in [-0.2, 0) is 9.53 Å². The molecule has 0 bridgehead atoms. The van der Waals surface area contributed by atoms with Gasteiger partial charge in [-0.2, -0.15) is 0 Å². The van der Waals surface area contributed by atoms with E-state index in [1.165, 1.54) is 6.20 Å². The molecule has 1 saturated heterocycles. The van der Waals surface area contributed by atoms with Gasteiger partial charge in [0.15, 0.2) is 0 Å². The van der Waals surface area contributed by atoms with Crippen LogP contribution in [0.3, 0.4) is 0 Å². The van der Waals surface area contributed by atoms with Crippen LogP contribution in [0.15, 0.2) is 18.3 Å². The highest BCUT2D eigenvalue weighted by Crippen LogP contribution is 2.12. The number of pyridine rings is 1. The van der Waals surface area contributed by atoms with Gasteiger partial charge in [-0.3, -0.25) is 9.69 Å². The molecular formula is C13H18ClN3O2. The van der Waals surface area contributed by atoms with Gasteiger partial charge < -0.3 is 10.1 Å². The van der Waals surface area contributed by atoms with E-state index >= 15 is 0 Å². The first kappa shape index (κ1) is 14.2. The molecule has 1 aliphatic heterocycles. The molecule has 1 amide bonds. The number of carbonyl (C=O) groups excluding carboxylic acids is 1. The van der Waals surface area contributed by atoms with E-state index < -0.39 is 0 Å². The number of carbonyl (C=O) groups is 1. The summed E-state index contributed by atoms with van der Waals surface area (Å²) in [7, 11) is 0. The summed E-state index contributed by atoms with van der Waals surface area (Å²) in [5.74, 6) is 0.450. The predicted molar refractivity (Wildman–Crippen MR) is 74.3 cm³/mol. The Labute approximate surface area is 117 Å². The molecule has 2 rings (SSSR count). The first-order valence-electron chi connectivity index (χ1n) is 6.34. The fourth-order valence-corrected chi connectivity index (χ4v) is 2.16. The van der Waals surface area contributed by atoms with Crippen LogP contribution in [0.5, 0.6) is 0 Å². The zero-order valence-electron chi connectivity index (χ0n) is 11.1. The Balaban J connectivity index is 1.93. The molecule has 2 unspecified atom stereocenters. The normalized spacial score (nSPS) is 21.9. The number of halogens is 1. The lowest BCUT2D eigenvalue weighted by molar-refractivity contribution is -0.123. The van der Waals surface area contributed by atoms with Crippen LogP contribution in [0.25, 0.3) is 0 Å². The number of rotatable bonds is 3. The van der Waals surface area contributed by atoms with Crippen LogP contribution >= 0.6 is 11.6 Å². The van der Waals surface area contributed by atoms with Gasteiger partial charge in [0.25, 0.3) is 0 Å². The second kappa shape index (κ2) is 6.32. The molecule has 1 aromatic rings. The smallest absolute Gasteiger partial charge is 0.242 e. The van der Waals surface area contributed by atoms with E-state index in [4.69, 9.17) is 16.3 Å². The molecule has 0 spiro atoms. The zero-order valence-corrected chi connectivity index (χ0v) is 11.9. The van der Waals surface area contributed by atoms with Crippen molar-refractivity contribution < 1.29 is 9.53 Å². The summed E-state index contributed by atoms with van der Waals surface area (Å²) in [5, 5.41) is 3.34. The molecule has 1 fully saturated rings. The Morgan fingerprint density at radius 1 is 1.63 bits per heavy atom. The van der Waals surface area contributed by atoms with Crippen molar-refractivity contribution in [2.75, 3.05) is 25.0 Å². The molecule has 1 N–H and O–H groups in total. The lowest BCUT2D eigenvalue weighted by Crippen LogP contribution is -2.50. The van der Waals surface area contributed by atoms with E-state index in [1.54, 1.807) is 12.1 Å².